The Bertz CT molecular complexity index is 188. The highest BCUT2D eigenvalue weighted by Crippen LogP contribution is 1.95. The van der Waals surface area contributed by atoms with E-state index in [0.29, 0.717) is 6.42 Å². The summed E-state index contributed by atoms with van der Waals surface area (Å²) in [5.74, 6) is 0.286. The summed E-state index contributed by atoms with van der Waals surface area (Å²) in [6.07, 6.45) is 0.586. The van der Waals surface area contributed by atoms with Crippen molar-refractivity contribution in [3.63, 3.8) is 0 Å². The van der Waals surface area contributed by atoms with Crippen molar-refractivity contribution in [3.8, 4) is 0 Å². The maximum atomic E-state index is 8.39. The molecule has 0 amide bonds. The maximum Gasteiger partial charge on any atom is 0.254 e. The lowest BCUT2D eigenvalue weighted by Crippen LogP contribution is -3.17. The van der Waals surface area contributed by atoms with Crippen molar-refractivity contribution in [1.82, 2.24) is 5.43 Å². The van der Waals surface area contributed by atoms with Crippen LogP contribution in [-0.2, 0) is 17.5 Å². The molecule has 3 N–H and O–H groups in total. The van der Waals surface area contributed by atoms with Crippen molar-refractivity contribution >= 4 is 18.5 Å². The zero-order chi connectivity index (χ0) is 9.14. The summed E-state index contributed by atoms with van der Waals surface area (Å²) in [6, 6.07) is 0.286. The van der Waals surface area contributed by atoms with Gasteiger partial charge in [0.05, 0.1) is 25.0 Å². The number of hydrogen-bond donors (Lipinski definition) is 3. The minimum atomic E-state index is -0.173. The van der Waals surface area contributed by atoms with E-state index in [9.17, 15) is 0 Å². The van der Waals surface area contributed by atoms with Gasteiger partial charge in [0.1, 0.15) is 0 Å². The Balaban J connectivity index is 2.65. The fraction of sp³-hybridized carbons (Fsp3) is 0.833. The molecule has 0 saturated carbocycles. The molecular formula is C6H13N3O2S. The third-order valence-corrected chi connectivity index (χ3v) is 2.56. The van der Waals surface area contributed by atoms with E-state index in [1.54, 1.807) is 0 Å². The minimum Gasteiger partial charge on any atom is -0.703 e. The first kappa shape index (κ1) is 9.63. The van der Waals surface area contributed by atoms with Crippen molar-refractivity contribution < 1.29 is 15.0 Å². The van der Waals surface area contributed by atoms with Gasteiger partial charge in [0.15, 0.2) is 0 Å². The number of hydrazone groups is 1. The molecule has 5 nitrogen and oxygen atoms in total. The average Bonchev–Trinajstić information content (AvgIpc) is 2.19. The van der Waals surface area contributed by atoms with Crippen LogP contribution in [0.5, 0.6) is 0 Å². The molecule has 0 aromatic heterocycles. The summed E-state index contributed by atoms with van der Waals surface area (Å²) in [5.41, 5.74) is 2.53. The van der Waals surface area contributed by atoms with Gasteiger partial charge in [0, 0.05) is 0 Å². The molecule has 12 heavy (non-hydrogen) atoms. The van der Waals surface area contributed by atoms with Crippen LogP contribution >= 0.6 is 0 Å². The summed E-state index contributed by atoms with van der Waals surface area (Å²) in [6.45, 7) is 2.02. The van der Waals surface area contributed by atoms with Crippen LogP contribution in [0.25, 0.3) is 0 Å². The van der Waals surface area contributed by atoms with Crippen LogP contribution in [0.1, 0.15) is 13.3 Å². The Morgan fingerprint density at radius 3 is 3.08 bits per heavy atom. The maximum absolute atomic E-state index is 8.39. The topological polar surface area (TPSA) is 58.3 Å². The molecule has 1 heterocycles. The van der Waals surface area contributed by atoms with Gasteiger partial charge >= 0.3 is 0 Å². The van der Waals surface area contributed by atoms with Crippen LogP contribution in [0.4, 0.5) is 0 Å². The van der Waals surface area contributed by atoms with E-state index in [0.717, 1.165) is 4.90 Å². The summed E-state index contributed by atoms with van der Waals surface area (Å²) in [7, 11) is 1.98. The smallest absolute Gasteiger partial charge is 0.254 e. The molecule has 1 rings (SSSR count). The second-order valence-electron chi connectivity index (χ2n) is 2.96. The van der Waals surface area contributed by atoms with Crippen molar-refractivity contribution in [2.24, 2.45) is 5.10 Å². The Kier molecular flexibility index (Phi) is 3.19. The minimum absolute atomic E-state index is 0.173. The average molecular weight is 191 g/mol. The second-order valence-corrected chi connectivity index (χ2v) is 3.43. The highest BCUT2D eigenvalue weighted by atomic mass is 32.1. The molecule has 70 valence electrons. The molecule has 0 aromatic carbocycles. The lowest BCUT2D eigenvalue weighted by molar-refractivity contribution is -0.915. The zero-order valence-electron chi connectivity index (χ0n) is 7.07. The summed E-state index contributed by atoms with van der Waals surface area (Å²) >= 11 is 5.08. The van der Waals surface area contributed by atoms with Gasteiger partial charge in [0.25, 0.3) is 5.90 Å². The molecule has 1 aliphatic rings. The van der Waals surface area contributed by atoms with Crippen molar-refractivity contribution in [2.75, 3.05) is 7.05 Å². The van der Waals surface area contributed by atoms with E-state index < -0.39 is 0 Å². The van der Waals surface area contributed by atoms with Gasteiger partial charge in [-0.25, -0.2) is 5.26 Å². The zero-order valence-corrected chi connectivity index (χ0v) is 7.89. The van der Waals surface area contributed by atoms with Gasteiger partial charge < -0.3 is 22.4 Å². The van der Waals surface area contributed by atoms with Crippen LogP contribution in [0.15, 0.2) is 5.10 Å². The van der Waals surface area contributed by atoms with Gasteiger partial charge in [-0.05, 0) is 6.92 Å². The Morgan fingerprint density at radius 2 is 2.50 bits per heavy atom. The largest absolute Gasteiger partial charge is 0.703 e. The van der Waals surface area contributed by atoms with E-state index in [1.165, 1.54) is 0 Å². The molecule has 0 spiro atoms. The monoisotopic (exact) mass is 191 g/mol. The first-order chi connectivity index (χ1) is 5.65. The van der Waals surface area contributed by atoms with Gasteiger partial charge in [-0.15, -0.1) is 5.10 Å². The van der Waals surface area contributed by atoms with Crippen molar-refractivity contribution in [2.45, 2.75) is 24.9 Å². The molecule has 0 saturated heterocycles. The lowest BCUT2D eigenvalue weighted by Gasteiger charge is -2.31. The first-order valence-corrected chi connectivity index (χ1v) is 4.25. The van der Waals surface area contributed by atoms with Crippen LogP contribution in [0.3, 0.4) is 0 Å². The molecule has 0 bridgehead atoms. The SMILES string of the molecule is CC1CC(OO)=NNC([S-])[NH+]1C. The van der Waals surface area contributed by atoms with Crippen LogP contribution < -0.4 is 10.3 Å². The van der Waals surface area contributed by atoms with Gasteiger partial charge in [0.2, 0.25) is 0 Å². The number of nitrogens with zero attached hydrogens (tertiary/aromatic N) is 1. The fourth-order valence-corrected chi connectivity index (χ4v) is 1.30. The van der Waals surface area contributed by atoms with Gasteiger partial charge in [-0.2, -0.15) is 0 Å². The third kappa shape index (κ3) is 2.02. The van der Waals surface area contributed by atoms with E-state index in [1.807, 2.05) is 14.0 Å². The lowest BCUT2D eigenvalue weighted by atomic mass is 10.2. The quantitative estimate of drug-likeness (QED) is 0.248. The van der Waals surface area contributed by atoms with Crippen LogP contribution in [0, 0.1) is 0 Å². The fourth-order valence-electron chi connectivity index (χ4n) is 1.02. The summed E-state index contributed by atoms with van der Waals surface area (Å²) in [4.78, 5) is 5.21. The van der Waals surface area contributed by atoms with E-state index >= 15 is 0 Å². The predicted molar refractivity (Wildman–Crippen MR) is 46.4 cm³/mol. The number of hydrogen-bond acceptors (Lipinski definition) is 5. The van der Waals surface area contributed by atoms with E-state index in [4.69, 9.17) is 17.9 Å². The van der Waals surface area contributed by atoms with E-state index in [-0.39, 0.29) is 17.4 Å². The molecule has 0 radical (unpaired) electrons. The number of rotatable bonds is 0. The molecule has 3 atom stereocenters. The van der Waals surface area contributed by atoms with Crippen molar-refractivity contribution in [1.29, 1.82) is 0 Å². The molecular weight excluding hydrogens is 178 g/mol. The highest BCUT2D eigenvalue weighted by Gasteiger charge is 2.21. The molecule has 0 aromatic rings. The first-order valence-electron chi connectivity index (χ1n) is 3.77. The summed E-state index contributed by atoms with van der Waals surface area (Å²) in [5, 5.41) is 12.2. The highest BCUT2D eigenvalue weighted by molar-refractivity contribution is 7.59. The second kappa shape index (κ2) is 3.97. The van der Waals surface area contributed by atoms with Crippen LogP contribution in [-0.4, -0.2) is 29.7 Å². The molecule has 3 unspecified atom stereocenters. The van der Waals surface area contributed by atoms with Crippen LogP contribution in [0.2, 0.25) is 0 Å². The van der Waals surface area contributed by atoms with Gasteiger partial charge in [-0.3, -0.25) is 5.43 Å². The van der Waals surface area contributed by atoms with E-state index in [2.05, 4.69) is 15.4 Å². The van der Waals surface area contributed by atoms with Crippen molar-refractivity contribution in [3.05, 3.63) is 0 Å². The standard InChI is InChI=1S/C6H13N3O2S/c1-4-3-5(11-10)7-8-6(12)9(4)2/h4,6,8,10,12H,3H2,1-2H3. The molecule has 0 fully saturated rings. The number of quaternary nitrogens is 1. The normalized spacial score (nSPS) is 36.3. The molecule has 6 heteroatoms. The van der Waals surface area contributed by atoms with Gasteiger partial charge in [-0.1, -0.05) is 0 Å². The Hall–Kier alpha value is -0.460. The molecule has 1 aliphatic heterocycles. The Labute approximate surface area is 76.7 Å². The summed E-state index contributed by atoms with van der Waals surface area (Å²) < 4.78 is 0. The Morgan fingerprint density at radius 1 is 1.83 bits per heavy atom. The third-order valence-electron chi connectivity index (χ3n) is 2.08. The molecule has 0 aliphatic carbocycles. The predicted octanol–water partition coefficient (Wildman–Crippen LogP) is -1.48. The number of nitrogens with one attached hydrogen (secondary N) is 2.